The van der Waals surface area contributed by atoms with Crippen LogP contribution >= 0.6 is 11.8 Å². The van der Waals surface area contributed by atoms with E-state index in [1.54, 1.807) is 11.8 Å². The molecule has 0 aliphatic carbocycles. The number of aryl methyl sites for hydroxylation is 1. The first kappa shape index (κ1) is 14.9. The predicted molar refractivity (Wildman–Crippen MR) is 85.7 cm³/mol. The Kier molecular flexibility index (Phi) is 4.65. The number of rotatable bonds is 4. The van der Waals surface area contributed by atoms with Crippen molar-refractivity contribution >= 4 is 17.6 Å². The van der Waals surface area contributed by atoms with Gasteiger partial charge < -0.3 is 5.32 Å². The largest absolute Gasteiger partial charge is 0.373 e. The molecule has 0 amide bonds. The number of hydrogen-bond donors (Lipinski definition) is 1. The van der Waals surface area contributed by atoms with Crippen molar-refractivity contribution in [1.82, 2.24) is 9.97 Å². The minimum absolute atomic E-state index is 0.320. The Morgan fingerprint density at radius 1 is 1.05 bits per heavy atom. The van der Waals surface area contributed by atoms with E-state index in [9.17, 15) is 0 Å². The van der Waals surface area contributed by atoms with Gasteiger partial charge in [0.15, 0.2) is 0 Å². The lowest BCUT2D eigenvalue weighted by Crippen LogP contribution is -2.06. The highest BCUT2D eigenvalue weighted by Gasteiger charge is 2.13. The van der Waals surface area contributed by atoms with Crippen LogP contribution in [-0.4, -0.2) is 17.0 Å². The zero-order chi connectivity index (χ0) is 14.7. The summed E-state index contributed by atoms with van der Waals surface area (Å²) < 4.78 is 0. The topological polar surface area (TPSA) is 37.8 Å². The van der Waals surface area contributed by atoms with Crippen LogP contribution in [0.1, 0.15) is 36.7 Å². The SMILES string of the molecule is CNc1nc(C(C)C)nc(Sc2ccc(C)cc2)c1C. The molecule has 0 fully saturated rings. The molecule has 0 saturated heterocycles. The monoisotopic (exact) mass is 287 g/mol. The van der Waals surface area contributed by atoms with Crippen molar-refractivity contribution < 1.29 is 0 Å². The summed E-state index contributed by atoms with van der Waals surface area (Å²) in [6.07, 6.45) is 0. The van der Waals surface area contributed by atoms with Gasteiger partial charge in [0.25, 0.3) is 0 Å². The first-order chi connectivity index (χ1) is 9.51. The fourth-order valence-corrected chi connectivity index (χ4v) is 2.72. The molecule has 0 bridgehead atoms. The number of benzene rings is 1. The second kappa shape index (κ2) is 6.27. The quantitative estimate of drug-likeness (QED) is 0.845. The first-order valence-corrected chi connectivity index (χ1v) is 7.63. The number of nitrogens with zero attached hydrogens (tertiary/aromatic N) is 2. The number of nitrogens with one attached hydrogen (secondary N) is 1. The van der Waals surface area contributed by atoms with Crippen LogP contribution in [0.2, 0.25) is 0 Å². The van der Waals surface area contributed by atoms with E-state index in [2.05, 4.69) is 62.3 Å². The van der Waals surface area contributed by atoms with E-state index in [-0.39, 0.29) is 0 Å². The van der Waals surface area contributed by atoms with Gasteiger partial charge in [-0.05, 0) is 26.0 Å². The van der Waals surface area contributed by atoms with Crippen molar-refractivity contribution in [2.75, 3.05) is 12.4 Å². The third-order valence-corrected chi connectivity index (χ3v) is 4.21. The fourth-order valence-electron chi connectivity index (χ4n) is 1.83. The van der Waals surface area contributed by atoms with Gasteiger partial charge in [-0.1, -0.05) is 43.3 Å². The van der Waals surface area contributed by atoms with Crippen LogP contribution in [-0.2, 0) is 0 Å². The minimum Gasteiger partial charge on any atom is -0.373 e. The zero-order valence-corrected chi connectivity index (χ0v) is 13.5. The lowest BCUT2D eigenvalue weighted by atomic mass is 10.2. The molecule has 0 atom stereocenters. The van der Waals surface area contributed by atoms with E-state index in [0.29, 0.717) is 5.92 Å². The average Bonchev–Trinajstić information content (AvgIpc) is 2.43. The smallest absolute Gasteiger partial charge is 0.134 e. The van der Waals surface area contributed by atoms with Gasteiger partial charge in [0.2, 0.25) is 0 Å². The van der Waals surface area contributed by atoms with Gasteiger partial charge in [0, 0.05) is 23.4 Å². The summed E-state index contributed by atoms with van der Waals surface area (Å²) in [5, 5.41) is 4.19. The molecule has 0 aliphatic rings. The fraction of sp³-hybridized carbons (Fsp3) is 0.375. The van der Waals surface area contributed by atoms with Crippen molar-refractivity contribution in [1.29, 1.82) is 0 Å². The van der Waals surface area contributed by atoms with Crippen LogP contribution in [0.25, 0.3) is 0 Å². The summed E-state index contributed by atoms with van der Waals surface area (Å²) in [6, 6.07) is 8.52. The average molecular weight is 287 g/mol. The second-order valence-corrected chi connectivity index (χ2v) is 6.24. The van der Waals surface area contributed by atoms with Gasteiger partial charge in [0.05, 0.1) is 0 Å². The van der Waals surface area contributed by atoms with Gasteiger partial charge in [0.1, 0.15) is 16.7 Å². The molecule has 20 heavy (non-hydrogen) atoms. The molecule has 2 rings (SSSR count). The Balaban J connectivity index is 2.39. The Labute approximate surface area is 125 Å². The first-order valence-electron chi connectivity index (χ1n) is 6.82. The predicted octanol–water partition coefficient (Wildman–Crippen LogP) is 4.41. The van der Waals surface area contributed by atoms with E-state index in [1.165, 1.54) is 10.5 Å². The number of aromatic nitrogens is 2. The second-order valence-electron chi connectivity index (χ2n) is 5.18. The molecule has 2 aromatic rings. The van der Waals surface area contributed by atoms with Crippen LogP contribution in [0.15, 0.2) is 34.2 Å². The van der Waals surface area contributed by atoms with Crippen LogP contribution in [0.3, 0.4) is 0 Å². The Bertz CT molecular complexity index is 591. The summed E-state index contributed by atoms with van der Waals surface area (Å²) in [6.45, 7) is 8.39. The molecule has 4 heteroatoms. The molecule has 1 aromatic carbocycles. The summed E-state index contributed by atoms with van der Waals surface area (Å²) in [5.41, 5.74) is 2.37. The maximum Gasteiger partial charge on any atom is 0.134 e. The van der Waals surface area contributed by atoms with E-state index in [1.807, 2.05) is 7.05 Å². The standard InChI is InChI=1S/C16H21N3S/c1-10(2)14-18-15(17-5)12(4)16(19-14)20-13-8-6-11(3)7-9-13/h6-10H,1-5H3,(H,17,18,19). The van der Waals surface area contributed by atoms with E-state index in [0.717, 1.165) is 22.2 Å². The van der Waals surface area contributed by atoms with Gasteiger partial charge >= 0.3 is 0 Å². The Hall–Kier alpha value is -1.55. The van der Waals surface area contributed by atoms with Crippen LogP contribution in [0.5, 0.6) is 0 Å². The Morgan fingerprint density at radius 2 is 1.70 bits per heavy atom. The molecule has 1 N–H and O–H groups in total. The van der Waals surface area contributed by atoms with Gasteiger partial charge in [-0.3, -0.25) is 0 Å². The molecule has 0 spiro atoms. The molecule has 106 valence electrons. The molecule has 0 unspecified atom stereocenters. The molecule has 3 nitrogen and oxygen atoms in total. The molecule has 0 aliphatic heterocycles. The number of anilines is 1. The van der Waals surface area contributed by atoms with E-state index >= 15 is 0 Å². The molecular formula is C16H21N3S. The lowest BCUT2D eigenvalue weighted by molar-refractivity contribution is 0.750. The van der Waals surface area contributed by atoms with Crippen molar-refractivity contribution in [2.24, 2.45) is 0 Å². The maximum absolute atomic E-state index is 4.71. The van der Waals surface area contributed by atoms with Crippen molar-refractivity contribution in [3.63, 3.8) is 0 Å². The maximum atomic E-state index is 4.71. The highest BCUT2D eigenvalue weighted by Crippen LogP contribution is 2.32. The third-order valence-electron chi connectivity index (χ3n) is 3.11. The Morgan fingerprint density at radius 3 is 2.25 bits per heavy atom. The minimum atomic E-state index is 0.320. The van der Waals surface area contributed by atoms with E-state index < -0.39 is 0 Å². The summed E-state index contributed by atoms with van der Waals surface area (Å²) in [7, 11) is 1.90. The molecule has 1 heterocycles. The van der Waals surface area contributed by atoms with Crippen LogP contribution in [0.4, 0.5) is 5.82 Å². The molecular weight excluding hydrogens is 266 g/mol. The van der Waals surface area contributed by atoms with Gasteiger partial charge in [-0.2, -0.15) is 0 Å². The molecule has 0 radical (unpaired) electrons. The zero-order valence-electron chi connectivity index (χ0n) is 12.7. The lowest BCUT2D eigenvalue weighted by Gasteiger charge is -2.13. The van der Waals surface area contributed by atoms with Crippen molar-refractivity contribution in [3.05, 3.63) is 41.2 Å². The van der Waals surface area contributed by atoms with E-state index in [4.69, 9.17) is 4.98 Å². The summed E-state index contributed by atoms with van der Waals surface area (Å²) in [5.74, 6) is 2.12. The normalized spacial score (nSPS) is 10.9. The van der Waals surface area contributed by atoms with Gasteiger partial charge in [-0.25, -0.2) is 9.97 Å². The number of hydrogen-bond acceptors (Lipinski definition) is 4. The summed E-state index contributed by atoms with van der Waals surface area (Å²) >= 11 is 1.69. The highest BCUT2D eigenvalue weighted by molar-refractivity contribution is 7.99. The van der Waals surface area contributed by atoms with Crippen molar-refractivity contribution in [2.45, 2.75) is 43.5 Å². The van der Waals surface area contributed by atoms with Crippen LogP contribution in [0, 0.1) is 13.8 Å². The highest BCUT2D eigenvalue weighted by atomic mass is 32.2. The van der Waals surface area contributed by atoms with Crippen molar-refractivity contribution in [3.8, 4) is 0 Å². The molecule has 0 saturated carbocycles. The van der Waals surface area contributed by atoms with Gasteiger partial charge in [-0.15, -0.1) is 0 Å². The summed E-state index contributed by atoms with van der Waals surface area (Å²) in [4.78, 5) is 10.5. The molecule has 1 aromatic heterocycles. The van der Waals surface area contributed by atoms with Crippen LogP contribution < -0.4 is 5.32 Å². The third kappa shape index (κ3) is 3.31.